The molecule has 1 amide bonds. The van der Waals surface area contributed by atoms with Crippen LogP contribution in [0.5, 0.6) is 0 Å². The van der Waals surface area contributed by atoms with Gasteiger partial charge in [-0.25, -0.2) is 0 Å². The fourth-order valence-electron chi connectivity index (χ4n) is 3.31. The molecule has 154 valence electrons. The Bertz CT molecular complexity index is 853. The van der Waals surface area contributed by atoms with Gasteiger partial charge in [-0.2, -0.15) is 10.2 Å². The lowest BCUT2D eigenvalue weighted by Gasteiger charge is -2.34. The van der Waals surface area contributed by atoms with E-state index in [1.54, 1.807) is 0 Å². The zero-order valence-corrected chi connectivity index (χ0v) is 17.5. The number of hydrogen-bond donors (Lipinski definition) is 0. The Morgan fingerprint density at radius 3 is 2.45 bits per heavy atom. The summed E-state index contributed by atoms with van der Waals surface area (Å²) in [6, 6.07) is 9.84. The highest BCUT2D eigenvalue weighted by Gasteiger charge is 2.22. The molecule has 7 heteroatoms. The van der Waals surface area contributed by atoms with Crippen LogP contribution >= 0.6 is 0 Å². The number of amides is 1. The molecule has 0 atom stereocenters. The fraction of sp³-hybridized carbons (Fsp3) is 0.545. The molecule has 0 spiro atoms. The van der Waals surface area contributed by atoms with Gasteiger partial charge in [-0.1, -0.05) is 38.1 Å². The molecule has 1 aliphatic heterocycles. The van der Waals surface area contributed by atoms with Crippen molar-refractivity contribution in [2.75, 3.05) is 26.2 Å². The third-order valence-electron chi connectivity index (χ3n) is 5.13. The minimum Gasteiger partial charge on any atom is -0.340 e. The van der Waals surface area contributed by atoms with Crippen LogP contribution in [0.1, 0.15) is 56.5 Å². The summed E-state index contributed by atoms with van der Waals surface area (Å²) in [6.45, 7) is 10.2. The third-order valence-corrected chi connectivity index (χ3v) is 5.13. The summed E-state index contributed by atoms with van der Waals surface area (Å²) < 4.78 is 5.29. The van der Waals surface area contributed by atoms with E-state index in [4.69, 9.17) is 9.78 Å². The van der Waals surface area contributed by atoms with Crippen LogP contribution in [0.4, 0.5) is 0 Å². The molecular formula is C22H29N5O2. The average Bonchev–Trinajstić information content (AvgIpc) is 3.18. The Kier molecular flexibility index (Phi) is 6.65. The van der Waals surface area contributed by atoms with Crippen molar-refractivity contribution in [1.82, 2.24) is 19.9 Å². The molecule has 0 radical (unpaired) electrons. The van der Waals surface area contributed by atoms with E-state index in [1.807, 2.05) is 49.9 Å². The quantitative estimate of drug-likeness (QED) is 0.747. The number of carbonyl (C=O) groups excluding carboxylic acids is 1. The second kappa shape index (κ2) is 9.19. The predicted molar refractivity (Wildman–Crippen MR) is 109 cm³/mol. The highest BCUT2D eigenvalue weighted by molar-refractivity contribution is 5.76. The number of nitrogens with zero attached hydrogens (tertiary/aromatic N) is 5. The average molecular weight is 396 g/mol. The highest BCUT2D eigenvalue weighted by Crippen LogP contribution is 2.19. The molecule has 1 aliphatic rings. The lowest BCUT2D eigenvalue weighted by atomic mass is 9.96. The second-order valence-corrected chi connectivity index (χ2v) is 8.58. The minimum absolute atomic E-state index is 0.130. The van der Waals surface area contributed by atoms with Crippen molar-refractivity contribution in [3.05, 3.63) is 47.1 Å². The summed E-state index contributed by atoms with van der Waals surface area (Å²) in [7, 11) is 0. The Hall–Kier alpha value is -2.72. The molecule has 1 saturated heterocycles. The first-order chi connectivity index (χ1) is 13.8. The van der Waals surface area contributed by atoms with E-state index < -0.39 is 0 Å². The monoisotopic (exact) mass is 395 g/mol. The smallest absolute Gasteiger partial charge is 0.226 e. The van der Waals surface area contributed by atoms with Crippen LogP contribution < -0.4 is 0 Å². The number of rotatable bonds is 6. The van der Waals surface area contributed by atoms with Crippen LogP contribution in [0.25, 0.3) is 0 Å². The van der Waals surface area contributed by atoms with Gasteiger partial charge in [-0.15, -0.1) is 0 Å². The molecule has 1 fully saturated rings. The Morgan fingerprint density at radius 1 is 1.17 bits per heavy atom. The van der Waals surface area contributed by atoms with Gasteiger partial charge >= 0.3 is 0 Å². The molecule has 2 heterocycles. The first kappa shape index (κ1) is 21.0. The van der Waals surface area contributed by atoms with Gasteiger partial charge in [-0.05, 0) is 24.1 Å². The lowest BCUT2D eigenvalue weighted by molar-refractivity contribution is -0.133. The van der Waals surface area contributed by atoms with Crippen LogP contribution in [0.15, 0.2) is 28.8 Å². The van der Waals surface area contributed by atoms with Gasteiger partial charge in [0.2, 0.25) is 11.8 Å². The van der Waals surface area contributed by atoms with Crippen LogP contribution in [0.2, 0.25) is 0 Å². The lowest BCUT2D eigenvalue weighted by Crippen LogP contribution is -2.48. The summed E-state index contributed by atoms with van der Waals surface area (Å²) in [5.74, 6) is 1.51. The van der Waals surface area contributed by atoms with E-state index in [0.29, 0.717) is 30.1 Å². The van der Waals surface area contributed by atoms with Crippen LogP contribution in [0, 0.1) is 11.3 Å². The van der Waals surface area contributed by atoms with E-state index in [0.717, 1.165) is 39.1 Å². The Morgan fingerprint density at radius 2 is 1.86 bits per heavy atom. The molecule has 0 unspecified atom stereocenters. The van der Waals surface area contributed by atoms with E-state index >= 15 is 0 Å². The summed E-state index contributed by atoms with van der Waals surface area (Å²) in [6.07, 6.45) is 1.85. The first-order valence-corrected chi connectivity index (χ1v) is 10.2. The first-order valence-electron chi connectivity index (χ1n) is 10.2. The molecule has 29 heavy (non-hydrogen) atoms. The summed E-state index contributed by atoms with van der Waals surface area (Å²) >= 11 is 0. The van der Waals surface area contributed by atoms with Crippen LogP contribution in [0.3, 0.4) is 0 Å². The van der Waals surface area contributed by atoms with Crippen molar-refractivity contribution in [2.24, 2.45) is 0 Å². The van der Waals surface area contributed by atoms with Gasteiger partial charge in [0, 0.05) is 51.0 Å². The number of hydrogen-bond acceptors (Lipinski definition) is 6. The summed E-state index contributed by atoms with van der Waals surface area (Å²) in [5.41, 5.74) is 1.74. The molecule has 0 bridgehead atoms. The number of aromatic nitrogens is 2. The highest BCUT2D eigenvalue weighted by atomic mass is 16.5. The van der Waals surface area contributed by atoms with E-state index in [9.17, 15) is 4.79 Å². The standard InChI is InChI=1S/C22H29N5O2/c1-22(2,3)21-24-19(29-25-21)5-4-6-20(28)27-13-11-26(12-14-27)16-18-9-7-17(15-23)8-10-18/h7-10H,4-6,11-14,16H2,1-3H3. The molecular weight excluding hydrogens is 366 g/mol. The molecule has 0 N–H and O–H groups in total. The molecule has 0 aliphatic carbocycles. The maximum Gasteiger partial charge on any atom is 0.226 e. The normalized spacial score (nSPS) is 15.3. The molecule has 2 aromatic rings. The number of piperazine rings is 1. The molecule has 1 aromatic heterocycles. The van der Waals surface area contributed by atoms with Gasteiger partial charge in [0.1, 0.15) is 0 Å². The van der Waals surface area contributed by atoms with Gasteiger partial charge in [0.15, 0.2) is 5.82 Å². The maximum absolute atomic E-state index is 12.5. The van der Waals surface area contributed by atoms with E-state index in [-0.39, 0.29) is 11.3 Å². The number of carbonyl (C=O) groups is 1. The van der Waals surface area contributed by atoms with E-state index in [2.05, 4.69) is 21.1 Å². The van der Waals surface area contributed by atoms with Gasteiger partial charge in [0.05, 0.1) is 11.6 Å². The Labute approximate surface area is 172 Å². The predicted octanol–water partition coefficient (Wildman–Crippen LogP) is 2.91. The van der Waals surface area contributed by atoms with Crippen LogP contribution in [-0.2, 0) is 23.2 Å². The summed E-state index contributed by atoms with van der Waals surface area (Å²) in [4.78, 5) is 21.2. The van der Waals surface area contributed by atoms with Crippen LogP contribution in [-0.4, -0.2) is 52.0 Å². The van der Waals surface area contributed by atoms with Gasteiger partial charge in [0.25, 0.3) is 0 Å². The van der Waals surface area contributed by atoms with Crippen molar-refractivity contribution < 1.29 is 9.32 Å². The zero-order valence-electron chi connectivity index (χ0n) is 17.5. The topological polar surface area (TPSA) is 86.3 Å². The van der Waals surface area contributed by atoms with E-state index in [1.165, 1.54) is 5.56 Å². The van der Waals surface area contributed by atoms with Crippen molar-refractivity contribution >= 4 is 5.91 Å². The molecule has 3 rings (SSSR count). The van der Waals surface area contributed by atoms with Crippen molar-refractivity contribution in [2.45, 2.75) is 52.0 Å². The minimum atomic E-state index is -0.130. The van der Waals surface area contributed by atoms with Gasteiger partial charge in [-0.3, -0.25) is 9.69 Å². The number of aryl methyl sites for hydroxylation is 1. The van der Waals surface area contributed by atoms with Crippen molar-refractivity contribution in [3.8, 4) is 6.07 Å². The molecule has 7 nitrogen and oxygen atoms in total. The second-order valence-electron chi connectivity index (χ2n) is 8.58. The third kappa shape index (κ3) is 5.88. The van der Waals surface area contributed by atoms with Crippen molar-refractivity contribution in [3.63, 3.8) is 0 Å². The zero-order chi connectivity index (χ0) is 20.9. The maximum atomic E-state index is 12.5. The molecule has 0 saturated carbocycles. The number of nitriles is 1. The fourth-order valence-corrected chi connectivity index (χ4v) is 3.31. The number of benzene rings is 1. The molecule has 1 aromatic carbocycles. The largest absolute Gasteiger partial charge is 0.340 e. The Balaban J connectivity index is 1.38. The summed E-state index contributed by atoms with van der Waals surface area (Å²) in [5, 5.41) is 12.9. The SMILES string of the molecule is CC(C)(C)c1noc(CCCC(=O)N2CCN(Cc3ccc(C#N)cc3)CC2)n1. The van der Waals surface area contributed by atoms with Gasteiger partial charge < -0.3 is 9.42 Å². The van der Waals surface area contributed by atoms with Crippen molar-refractivity contribution in [1.29, 1.82) is 5.26 Å².